The molecule has 2 nitrogen and oxygen atoms in total. The monoisotopic (exact) mass is 277 g/mol. The van der Waals surface area contributed by atoms with Gasteiger partial charge in [-0.3, -0.25) is 0 Å². The number of hydrogen-bond donors (Lipinski definition) is 2. The molecule has 20 heavy (non-hydrogen) atoms. The first-order chi connectivity index (χ1) is 9.60. The second-order valence-corrected chi connectivity index (χ2v) is 4.62. The molecule has 2 aromatic carbocycles. The van der Waals surface area contributed by atoms with Crippen LogP contribution < -0.4 is 5.32 Å². The van der Waals surface area contributed by atoms with Gasteiger partial charge in [0, 0.05) is 23.9 Å². The Hall–Kier alpha value is -1.94. The molecule has 0 heterocycles. The van der Waals surface area contributed by atoms with Crippen LogP contribution in [0.15, 0.2) is 42.5 Å². The number of nitrogens with one attached hydrogen (secondary N) is 1. The molecule has 2 N–H and O–H groups in total. The van der Waals surface area contributed by atoms with Gasteiger partial charge in [-0.05, 0) is 30.2 Å². The number of rotatable bonds is 5. The van der Waals surface area contributed by atoms with Crippen LogP contribution in [0.2, 0.25) is 0 Å². The summed E-state index contributed by atoms with van der Waals surface area (Å²) in [4.78, 5) is 0. The maximum absolute atomic E-state index is 13.5. The molecule has 0 radical (unpaired) electrons. The Labute approximate surface area is 117 Å². The lowest BCUT2D eigenvalue weighted by Crippen LogP contribution is -2.13. The van der Waals surface area contributed by atoms with Gasteiger partial charge in [0.1, 0.15) is 11.6 Å². The number of aliphatic hydroxyl groups excluding tert-OH is 1. The predicted octanol–water partition coefficient (Wildman–Crippen LogP) is 3.67. The van der Waals surface area contributed by atoms with E-state index in [1.54, 1.807) is 0 Å². The van der Waals surface area contributed by atoms with Gasteiger partial charge >= 0.3 is 0 Å². The van der Waals surface area contributed by atoms with Crippen molar-refractivity contribution in [3.63, 3.8) is 0 Å². The molecule has 0 aliphatic carbocycles. The summed E-state index contributed by atoms with van der Waals surface area (Å²) in [6, 6.07) is 11.0. The normalized spacial score (nSPS) is 12.2. The lowest BCUT2D eigenvalue weighted by molar-refractivity contribution is 0.186. The fraction of sp³-hybridized carbons (Fsp3) is 0.250. The maximum atomic E-state index is 13.5. The molecule has 106 valence electrons. The number of benzene rings is 2. The first kappa shape index (κ1) is 14.5. The molecule has 0 fully saturated rings. The third kappa shape index (κ3) is 3.54. The zero-order chi connectivity index (χ0) is 14.5. The first-order valence-corrected chi connectivity index (χ1v) is 6.56. The van der Waals surface area contributed by atoms with Crippen molar-refractivity contribution in [3.05, 3.63) is 65.2 Å². The standard InChI is InChI=1S/C16H17F2NO/c1-2-11-4-3-5-13(8-11)19-10-16(20)14-7-6-12(17)9-15(14)18/h3-9,16,19-20H,2,10H2,1H3. The molecule has 1 unspecified atom stereocenters. The van der Waals surface area contributed by atoms with Crippen LogP contribution in [0.3, 0.4) is 0 Å². The number of aliphatic hydroxyl groups is 1. The summed E-state index contributed by atoms with van der Waals surface area (Å²) in [5, 5.41) is 13.0. The zero-order valence-electron chi connectivity index (χ0n) is 11.2. The van der Waals surface area contributed by atoms with E-state index in [1.165, 1.54) is 11.6 Å². The molecule has 0 amide bonds. The number of aryl methyl sites for hydroxylation is 1. The molecule has 2 rings (SSSR count). The van der Waals surface area contributed by atoms with Gasteiger partial charge in [-0.2, -0.15) is 0 Å². The van der Waals surface area contributed by atoms with Crippen LogP contribution in [0.5, 0.6) is 0 Å². The van der Waals surface area contributed by atoms with Crippen LogP contribution in [-0.4, -0.2) is 11.7 Å². The van der Waals surface area contributed by atoms with Gasteiger partial charge in [0.15, 0.2) is 0 Å². The van der Waals surface area contributed by atoms with Gasteiger partial charge in [-0.1, -0.05) is 25.1 Å². The van der Waals surface area contributed by atoms with Gasteiger partial charge < -0.3 is 10.4 Å². The van der Waals surface area contributed by atoms with E-state index >= 15 is 0 Å². The lowest BCUT2D eigenvalue weighted by Gasteiger charge is -2.14. The zero-order valence-corrected chi connectivity index (χ0v) is 11.2. The average molecular weight is 277 g/mol. The molecule has 0 aliphatic rings. The molecule has 0 aromatic heterocycles. The first-order valence-electron chi connectivity index (χ1n) is 6.56. The Bertz CT molecular complexity index is 586. The highest BCUT2D eigenvalue weighted by Gasteiger charge is 2.13. The molecule has 0 bridgehead atoms. The topological polar surface area (TPSA) is 32.3 Å². The van der Waals surface area contributed by atoms with Crippen LogP contribution in [0.25, 0.3) is 0 Å². The Morgan fingerprint density at radius 2 is 1.95 bits per heavy atom. The van der Waals surface area contributed by atoms with E-state index in [-0.39, 0.29) is 12.1 Å². The second-order valence-electron chi connectivity index (χ2n) is 4.62. The Balaban J connectivity index is 2.02. The van der Waals surface area contributed by atoms with Crippen LogP contribution >= 0.6 is 0 Å². The minimum atomic E-state index is -1.03. The second kappa shape index (κ2) is 6.48. The molecule has 4 heteroatoms. The summed E-state index contributed by atoms with van der Waals surface area (Å²) in [6.45, 7) is 2.22. The minimum absolute atomic E-state index is 0.0885. The summed E-state index contributed by atoms with van der Waals surface area (Å²) in [5.41, 5.74) is 2.13. The summed E-state index contributed by atoms with van der Waals surface area (Å²) in [5.74, 6) is -1.39. The van der Waals surface area contributed by atoms with Crippen molar-refractivity contribution in [2.45, 2.75) is 19.4 Å². The summed E-state index contributed by atoms with van der Waals surface area (Å²) < 4.78 is 26.3. The predicted molar refractivity (Wildman–Crippen MR) is 75.6 cm³/mol. The summed E-state index contributed by atoms with van der Waals surface area (Å²) in [7, 11) is 0. The van der Waals surface area contributed by atoms with Crippen molar-refractivity contribution < 1.29 is 13.9 Å². The van der Waals surface area contributed by atoms with E-state index in [0.29, 0.717) is 0 Å². The van der Waals surface area contributed by atoms with Crippen LogP contribution in [-0.2, 0) is 6.42 Å². The van der Waals surface area contributed by atoms with Gasteiger partial charge in [-0.15, -0.1) is 0 Å². The maximum Gasteiger partial charge on any atom is 0.131 e. The number of halogens is 2. The number of hydrogen-bond acceptors (Lipinski definition) is 2. The largest absolute Gasteiger partial charge is 0.386 e. The van der Waals surface area contributed by atoms with Crippen molar-refractivity contribution in [2.24, 2.45) is 0 Å². The van der Waals surface area contributed by atoms with Crippen molar-refractivity contribution in [2.75, 3.05) is 11.9 Å². The fourth-order valence-corrected chi connectivity index (χ4v) is 2.00. The third-order valence-corrected chi connectivity index (χ3v) is 3.16. The molecular weight excluding hydrogens is 260 g/mol. The highest BCUT2D eigenvalue weighted by atomic mass is 19.1. The molecule has 0 spiro atoms. The smallest absolute Gasteiger partial charge is 0.131 e. The van der Waals surface area contributed by atoms with E-state index < -0.39 is 17.7 Å². The Morgan fingerprint density at radius 1 is 1.15 bits per heavy atom. The quantitative estimate of drug-likeness (QED) is 0.874. The van der Waals surface area contributed by atoms with Crippen molar-refractivity contribution >= 4 is 5.69 Å². The van der Waals surface area contributed by atoms with E-state index in [0.717, 1.165) is 24.2 Å². The van der Waals surface area contributed by atoms with E-state index in [4.69, 9.17) is 0 Å². The van der Waals surface area contributed by atoms with E-state index in [2.05, 4.69) is 12.2 Å². The molecular formula is C16H17F2NO. The van der Waals surface area contributed by atoms with Gasteiger partial charge in [-0.25, -0.2) is 8.78 Å². The van der Waals surface area contributed by atoms with Gasteiger partial charge in [0.2, 0.25) is 0 Å². The lowest BCUT2D eigenvalue weighted by atomic mass is 10.1. The molecule has 0 saturated heterocycles. The van der Waals surface area contributed by atoms with Crippen molar-refractivity contribution in [1.82, 2.24) is 0 Å². The highest BCUT2D eigenvalue weighted by Crippen LogP contribution is 2.19. The molecule has 0 aliphatic heterocycles. The van der Waals surface area contributed by atoms with E-state index in [9.17, 15) is 13.9 Å². The van der Waals surface area contributed by atoms with Crippen molar-refractivity contribution in [3.8, 4) is 0 Å². The Kier molecular flexibility index (Phi) is 4.69. The van der Waals surface area contributed by atoms with Crippen LogP contribution in [0, 0.1) is 11.6 Å². The Morgan fingerprint density at radius 3 is 2.65 bits per heavy atom. The fourth-order valence-electron chi connectivity index (χ4n) is 2.00. The SMILES string of the molecule is CCc1cccc(NCC(O)c2ccc(F)cc2F)c1. The van der Waals surface area contributed by atoms with Gasteiger partial charge in [0.05, 0.1) is 6.10 Å². The summed E-state index contributed by atoms with van der Waals surface area (Å²) in [6.07, 6.45) is -0.106. The minimum Gasteiger partial charge on any atom is -0.386 e. The highest BCUT2D eigenvalue weighted by molar-refractivity contribution is 5.46. The number of anilines is 1. The molecule has 0 saturated carbocycles. The third-order valence-electron chi connectivity index (χ3n) is 3.16. The van der Waals surface area contributed by atoms with Gasteiger partial charge in [0.25, 0.3) is 0 Å². The van der Waals surface area contributed by atoms with E-state index in [1.807, 2.05) is 24.3 Å². The van der Waals surface area contributed by atoms with Crippen molar-refractivity contribution in [1.29, 1.82) is 0 Å². The van der Waals surface area contributed by atoms with Crippen LogP contribution in [0.4, 0.5) is 14.5 Å². The van der Waals surface area contributed by atoms with Crippen LogP contribution in [0.1, 0.15) is 24.2 Å². The summed E-state index contributed by atoms with van der Waals surface area (Å²) >= 11 is 0. The molecule has 2 aromatic rings. The average Bonchev–Trinajstić information content (AvgIpc) is 2.45. The molecule has 1 atom stereocenters.